The van der Waals surface area contributed by atoms with Crippen LogP contribution in [0.15, 0.2) is 60.7 Å². The number of thioether (sulfide) groups is 2. The van der Waals surface area contributed by atoms with Crippen molar-refractivity contribution in [3.63, 3.8) is 0 Å². The first-order valence-corrected chi connectivity index (χ1v) is 10.9. The molecule has 2 aliphatic heterocycles. The van der Waals surface area contributed by atoms with Crippen LogP contribution in [0.3, 0.4) is 0 Å². The summed E-state index contributed by atoms with van der Waals surface area (Å²) in [7, 11) is 0. The highest BCUT2D eigenvalue weighted by atomic mass is 32.2. The molecule has 2 saturated heterocycles. The van der Waals surface area contributed by atoms with E-state index in [9.17, 15) is 21.0 Å². The zero-order valence-electron chi connectivity index (χ0n) is 15.6. The van der Waals surface area contributed by atoms with E-state index in [0.717, 1.165) is 11.1 Å². The number of fused-ring (bicyclic) bond motifs is 2. The summed E-state index contributed by atoms with van der Waals surface area (Å²) in [4.78, 5) is 0. The Labute approximate surface area is 178 Å². The minimum absolute atomic E-state index is 0.0510. The van der Waals surface area contributed by atoms with Crippen molar-refractivity contribution < 1.29 is 0 Å². The molecule has 0 N–H and O–H groups in total. The maximum atomic E-state index is 10.4. The lowest BCUT2D eigenvalue weighted by Crippen LogP contribution is -2.57. The fourth-order valence-corrected chi connectivity index (χ4v) is 9.32. The van der Waals surface area contributed by atoms with Gasteiger partial charge in [0.2, 0.25) is 5.41 Å². The normalized spacial score (nSPS) is 30.9. The summed E-state index contributed by atoms with van der Waals surface area (Å²) >= 11 is 3.11. The number of nitriles is 4. The second kappa shape index (κ2) is 6.86. The van der Waals surface area contributed by atoms with E-state index in [1.54, 1.807) is 11.8 Å². The molecule has 2 bridgehead atoms. The van der Waals surface area contributed by atoms with Crippen LogP contribution in [0.25, 0.3) is 0 Å². The molecular weight excluding hydrogens is 396 g/mol. The van der Waals surface area contributed by atoms with Gasteiger partial charge >= 0.3 is 0 Å². The van der Waals surface area contributed by atoms with E-state index < -0.39 is 20.8 Å². The maximum Gasteiger partial charge on any atom is 0.203 e. The molecule has 6 heteroatoms. The van der Waals surface area contributed by atoms with Crippen LogP contribution in [0.2, 0.25) is 0 Å². The second-order valence-electron chi connectivity index (χ2n) is 7.28. The lowest BCUT2D eigenvalue weighted by molar-refractivity contribution is 0.214. The van der Waals surface area contributed by atoms with Crippen LogP contribution in [-0.4, -0.2) is 10.5 Å². The van der Waals surface area contributed by atoms with Crippen LogP contribution < -0.4 is 0 Å². The van der Waals surface area contributed by atoms with E-state index in [2.05, 4.69) is 31.2 Å². The monoisotopic (exact) mass is 412 g/mol. The van der Waals surface area contributed by atoms with Crippen LogP contribution in [0.5, 0.6) is 0 Å². The summed E-state index contributed by atoms with van der Waals surface area (Å²) in [5, 5.41) is 41.6. The van der Waals surface area contributed by atoms with Crippen molar-refractivity contribution in [2.75, 3.05) is 0 Å². The van der Waals surface area contributed by atoms with Crippen LogP contribution in [0.4, 0.5) is 0 Å². The third-order valence-corrected chi connectivity index (χ3v) is 10.1. The topological polar surface area (TPSA) is 95.2 Å². The van der Waals surface area contributed by atoms with Crippen LogP contribution in [-0.2, 0) is 4.08 Å². The standard InChI is InChI=1S/C23H16N4S2/c1-16-20-19(17-8-4-2-5-9-17)21(12-24,13-25)22(14-26,15-27)23(28-16,29-20)18-10-6-3-7-11-18/h2-11,16,19-20H,1H3. The van der Waals surface area contributed by atoms with Gasteiger partial charge in [0.05, 0.1) is 24.3 Å². The average molecular weight is 413 g/mol. The van der Waals surface area contributed by atoms with Gasteiger partial charge in [-0.25, -0.2) is 0 Å². The Morgan fingerprint density at radius 3 is 1.83 bits per heavy atom. The van der Waals surface area contributed by atoms with Crippen LogP contribution >= 0.6 is 23.5 Å². The smallest absolute Gasteiger partial charge is 0.196 e. The summed E-state index contributed by atoms with van der Waals surface area (Å²) < 4.78 is -1.02. The Morgan fingerprint density at radius 1 is 0.759 bits per heavy atom. The molecule has 140 valence electrons. The highest BCUT2D eigenvalue weighted by Gasteiger charge is 2.78. The number of benzene rings is 2. The second-order valence-corrected chi connectivity index (χ2v) is 10.5. The summed E-state index contributed by atoms with van der Waals surface area (Å²) in [6.07, 6.45) is 0. The molecule has 0 saturated carbocycles. The molecule has 29 heavy (non-hydrogen) atoms. The van der Waals surface area contributed by atoms with Crippen molar-refractivity contribution in [3.8, 4) is 24.3 Å². The van der Waals surface area contributed by atoms with Gasteiger partial charge in [0.1, 0.15) is 4.08 Å². The van der Waals surface area contributed by atoms with E-state index in [1.807, 2.05) is 60.7 Å². The minimum Gasteiger partial charge on any atom is -0.196 e. The molecule has 0 radical (unpaired) electrons. The minimum atomic E-state index is -1.85. The molecule has 0 spiro atoms. The van der Waals surface area contributed by atoms with Crippen molar-refractivity contribution in [3.05, 3.63) is 71.8 Å². The Hall–Kier alpha value is -2.90. The van der Waals surface area contributed by atoms with E-state index in [-0.39, 0.29) is 10.5 Å². The number of nitrogens with zero attached hydrogens (tertiary/aromatic N) is 4. The van der Waals surface area contributed by atoms with Crippen molar-refractivity contribution in [2.45, 2.75) is 27.4 Å². The first-order chi connectivity index (χ1) is 14.1. The zero-order chi connectivity index (χ0) is 20.7. The van der Waals surface area contributed by atoms with Gasteiger partial charge in [-0.15, -0.1) is 23.5 Å². The van der Waals surface area contributed by atoms with E-state index >= 15 is 0 Å². The molecule has 2 aromatic rings. The van der Waals surface area contributed by atoms with Crippen molar-refractivity contribution >= 4 is 23.5 Å². The predicted octanol–water partition coefficient (Wildman–Crippen LogP) is 4.94. The van der Waals surface area contributed by atoms with Gasteiger partial charge in [0.25, 0.3) is 0 Å². The Bertz CT molecular complexity index is 1080. The molecule has 4 nitrogen and oxygen atoms in total. The number of hydrogen-bond acceptors (Lipinski definition) is 6. The lowest BCUT2D eigenvalue weighted by Gasteiger charge is -2.51. The summed E-state index contributed by atoms with van der Waals surface area (Å²) in [5.74, 6) is -0.551. The first kappa shape index (κ1) is 19.4. The molecule has 0 amide bonds. The number of hydrogen-bond donors (Lipinski definition) is 0. The molecule has 0 aliphatic carbocycles. The van der Waals surface area contributed by atoms with Gasteiger partial charge < -0.3 is 0 Å². The van der Waals surface area contributed by atoms with Gasteiger partial charge in [0.15, 0.2) is 5.41 Å². The highest BCUT2D eigenvalue weighted by molar-refractivity contribution is 8.21. The highest BCUT2D eigenvalue weighted by Crippen LogP contribution is 2.78. The fourth-order valence-electron chi connectivity index (χ4n) is 4.69. The molecule has 4 rings (SSSR count). The Balaban J connectivity index is 2.10. The third kappa shape index (κ3) is 2.25. The molecular formula is C23H16N4S2. The van der Waals surface area contributed by atoms with Crippen LogP contribution in [0, 0.1) is 56.2 Å². The van der Waals surface area contributed by atoms with E-state index in [0.29, 0.717) is 0 Å². The summed E-state index contributed by atoms with van der Waals surface area (Å²) in [6.45, 7) is 2.06. The van der Waals surface area contributed by atoms with Gasteiger partial charge in [-0.3, -0.25) is 0 Å². The van der Waals surface area contributed by atoms with Crippen LogP contribution in [0.1, 0.15) is 24.0 Å². The van der Waals surface area contributed by atoms with Gasteiger partial charge in [-0.1, -0.05) is 67.6 Å². The molecule has 0 aromatic heterocycles. The lowest BCUT2D eigenvalue weighted by atomic mass is 9.54. The summed E-state index contributed by atoms with van der Waals surface area (Å²) in [5.41, 5.74) is -2.03. The zero-order valence-corrected chi connectivity index (χ0v) is 17.2. The predicted molar refractivity (Wildman–Crippen MR) is 113 cm³/mol. The average Bonchev–Trinajstić information content (AvgIpc) is 3.10. The maximum absolute atomic E-state index is 10.4. The molecule has 2 aromatic carbocycles. The molecule has 4 atom stereocenters. The molecule has 4 unspecified atom stereocenters. The Kier molecular flexibility index (Phi) is 4.59. The number of rotatable bonds is 2. The van der Waals surface area contributed by atoms with Gasteiger partial charge in [-0.05, 0) is 11.1 Å². The molecule has 2 heterocycles. The van der Waals surface area contributed by atoms with Crippen molar-refractivity contribution in [1.29, 1.82) is 21.0 Å². The summed E-state index contributed by atoms with van der Waals surface area (Å²) in [6, 6.07) is 27.6. The quantitative estimate of drug-likeness (QED) is 0.693. The van der Waals surface area contributed by atoms with Gasteiger partial charge in [-0.2, -0.15) is 21.0 Å². The fraction of sp³-hybridized carbons (Fsp3) is 0.304. The molecule has 2 fully saturated rings. The Morgan fingerprint density at radius 2 is 1.31 bits per heavy atom. The first-order valence-electron chi connectivity index (χ1n) is 9.17. The van der Waals surface area contributed by atoms with E-state index in [4.69, 9.17) is 0 Å². The van der Waals surface area contributed by atoms with Crippen molar-refractivity contribution in [1.82, 2.24) is 0 Å². The molecule has 2 aliphatic rings. The van der Waals surface area contributed by atoms with Gasteiger partial charge in [0, 0.05) is 16.4 Å². The third-order valence-electron chi connectivity index (χ3n) is 6.00. The van der Waals surface area contributed by atoms with Crippen molar-refractivity contribution in [2.24, 2.45) is 10.8 Å². The van der Waals surface area contributed by atoms with E-state index in [1.165, 1.54) is 11.8 Å². The largest absolute Gasteiger partial charge is 0.203 e. The SMILES string of the molecule is CC1SC2(c3ccccc3)SC1C(c1ccccc1)C(C#N)(C#N)C2(C#N)C#N.